The number of aromatic nitrogens is 2. The molecule has 4 N–H and O–H groups in total. The summed E-state index contributed by atoms with van der Waals surface area (Å²) in [4.78, 5) is 80.8. The van der Waals surface area contributed by atoms with E-state index >= 15 is 0 Å². The lowest BCUT2D eigenvalue weighted by Crippen LogP contribution is -2.49. The second-order valence-electron chi connectivity index (χ2n) is 15.3. The van der Waals surface area contributed by atoms with E-state index in [2.05, 4.69) is 58.4 Å². The number of methoxy groups -OCH3 is 2. The number of likely N-dealkylation sites (tertiary alicyclic amines) is 2. The summed E-state index contributed by atoms with van der Waals surface area (Å²) in [5.41, 5.74) is 4.42. The topological polar surface area (TPSA) is 182 Å². The molecule has 2 fully saturated rings. The number of anilines is 1. The van der Waals surface area contributed by atoms with Crippen LogP contribution in [0.5, 0.6) is 0 Å². The first-order chi connectivity index (χ1) is 29.0. The van der Waals surface area contributed by atoms with E-state index in [4.69, 9.17) is 14.5 Å². The van der Waals surface area contributed by atoms with E-state index in [1.807, 2.05) is 53.4 Å². The maximum atomic E-state index is 13.8. The summed E-state index contributed by atoms with van der Waals surface area (Å²) in [6.45, 7) is 14.3. The lowest BCUT2D eigenvalue weighted by molar-refractivity contribution is -0.135. The van der Waals surface area contributed by atoms with Gasteiger partial charge in [0.05, 0.1) is 38.1 Å². The summed E-state index contributed by atoms with van der Waals surface area (Å²) < 4.78 is 9.61. The van der Waals surface area contributed by atoms with Gasteiger partial charge in [0, 0.05) is 38.4 Å². The average Bonchev–Trinajstić information content (AvgIpc) is 4.08. The number of nitrogens with one attached hydrogen (secondary N) is 4. The van der Waals surface area contributed by atoms with Crippen molar-refractivity contribution < 1.29 is 33.4 Å². The van der Waals surface area contributed by atoms with Crippen molar-refractivity contribution in [1.82, 2.24) is 40.2 Å². The molecular formula is C44H63N9O7. The monoisotopic (exact) mass is 829 g/mol. The van der Waals surface area contributed by atoms with Crippen molar-refractivity contribution in [1.29, 1.82) is 0 Å². The van der Waals surface area contributed by atoms with Crippen molar-refractivity contribution in [2.24, 2.45) is 5.92 Å². The Bertz CT molecular complexity index is 1880. The molecular weight excluding hydrogens is 767 g/mol. The molecule has 3 aromatic rings. The van der Waals surface area contributed by atoms with Crippen LogP contribution in [-0.2, 0) is 23.9 Å². The fraction of sp³-hybridized carbons (Fsp3) is 0.545. The number of amides is 5. The molecule has 0 spiro atoms. The van der Waals surface area contributed by atoms with Gasteiger partial charge in [-0.2, -0.15) is 0 Å². The van der Waals surface area contributed by atoms with Crippen molar-refractivity contribution in [3.63, 3.8) is 0 Å². The Morgan fingerprint density at radius 3 is 1.83 bits per heavy atom. The van der Waals surface area contributed by atoms with Crippen LogP contribution < -0.4 is 16.0 Å². The lowest BCUT2D eigenvalue weighted by Gasteiger charge is -2.29. The van der Waals surface area contributed by atoms with Gasteiger partial charge in [0.25, 0.3) is 0 Å². The zero-order chi connectivity index (χ0) is 43.2. The molecule has 60 heavy (non-hydrogen) atoms. The van der Waals surface area contributed by atoms with Gasteiger partial charge in [-0.05, 0) is 87.1 Å². The fourth-order valence-corrected chi connectivity index (χ4v) is 8.02. The molecule has 0 bridgehead atoms. The van der Waals surface area contributed by atoms with Crippen molar-refractivity contribution in [3.8, 4) is 22.4 Å². The summed E-state index contributed by atoms with van der Waals surface area (Å²) in [7, 11) is 2.57. The van der Waals surface area contributed by atoms with Crippen molar-refractivity contribution in [2.75, 3.05) is 78.4 Å². The fourth-order valence-electron chi connectivity index (χ4n) is 8.02. The number of carbonyl (C=O) groups excluding carboxylic acids is 5. The van der Waals surface area contributed by atoms with Gasteiger partial charge in [-0.25, -0.2) is 14.6 Å². The number of H-pyrrole nitrogens is 1. The first kappa shape index (κ1) is 45.6. The molecule has 2 aromatic carbocycles. The zero-order valence-corrected chi connectivity index (χ0v) is 36.0. The number of ether oxygens (including phenoxy) is 2. The molecule has 2 aliphatic heterocycles. The number of carbonyl (C=O) groups is 5. The van der Waals surface area contributed by atoms with E-state index in [1.165, 1.54) is 14.2 Å². The lowest BCUT2D eigenvalue weighted by atomic mass is 10.0. The normalized spacial score (nSPS) is 17.4. The van der Waals surface area contributed by atoms with Gasteiger partial charge in [0.1, 0.15) is 17.9 Å². The van der Waals surface area contributed by atoms with E-state index in [1.54, 1.807) is 11.1 Å². The standard InChI is InChI=1S/C44H63N9O7/c1-7-50(8-2)25-22-35(48-43(57)59-5)41(55)52-27-21-33(29-52)40(54)46-34-19-17-31(18-20-34)30-13-15-32(16-14-30)37-28-45-39(47-37)38-12-11-24-53(38)42(56)36(49-44(58)60-6)23-26-51(9-3)10-4/h13-20,28,33,35-36,38H,7-12,21-27,29H2,1-6H3,(H,45,47)(H,46,54)(H,48,57)(H,49,58)/t33-,35-,36+,38-/m0/s1. The highest BCUT2D eigenvalue weighted by molar-refractivity contribution is 5.94. The summed E-state index contributed by atoms with van der Waals surface area (Å²) >= 11 is 0. The number of aromatic amines is 1. The van der Waals surface area contributed by atoms with Gasteiger partial charge in [-0.15, -0.1) is 0 Å². The smallest absolute Gasteiger partial charge is 0.407 e. The SMILES string of the molecule is CCN(CC)CC[C@H](NC(=O)OC)C(=O)N1CC[C@H](C(=O)Nc2ccc(-c3ccc(-c4cnc([C@@H]5CCCN5C(=O)[C@@H](CCN(CC)CC)NC(=O)OC)[nH]4)cc3)cc2)C1. The van der Waals surface area contributed by atoms with Gasteiger partial charge in [-0.1, -0.05) is 64.1 Å². The second-order valence-corrected chi connectivity index (χ2v) is 15.3. The molecule has 326 valence electrons. The molecule has 2 aliphatic rings. The summed E-state index contributed by atoms with van der Waals surface area (Å²) in [5.74, 6) is -0.159. The highest BCUT2D eigenvalue weighted by atomic mass is 16.5. The van der Waals surface area contributed by atoms with Crippen LogP contribution in [0.25, 0.3) is 22.4 Å². The van der Waals surface area contributed by atoms with Crippen molar-refractivity contribution in [3.05, 3.63) is 60.6 Å². The van der Waals surface area contributed by atoms with Gasteiger partial charge in [0.2, 0.25) is 17.7 Å². The second kappa shape index (κ2) is 22.2. The van der Waals surface area contributed by atoms with E-state index in [0.717, 1.165) is 61.4 Å². The number of benzene rings is 2. The highest BCUT2D eigenvalue weighted by Gasteiger charge is 2.37. The molecule has 1 aromatic heterocycles. The number of imidazole rings is 1. The number of rotatable bonds is 19. The Balaban J connectivity index is 1.16. The van der Waals surface area contributed by atoms with Gasteiger partial charge in [0.15, 0.2) is 0 Å². The minimum absolute atomic E-state index is 0.138. The predicted octanol–water partition coefficient (Wildman–Crippen LogP) is 5.11. The molecule has 0 radical (unpaired) electrons. The molecule has 2 saturated heterocycles. The molecule has 5 rings (SSSR count). The Labute approximate surface area is 353 Å². The molecule has 3 heterocycles. The van der Waals surface area contributed by atoms with Crippen molar-refractivity contribution >= 4 is 35.6 Å². The third kappa shape index (κ3) is 11.8. The predicted molar refractivity (Wildman–Crippen MR) is 230 cm³/mol. The first-order valence-electron chi connectivity index (χ1n) is 21.3. The Morgan fingerprint density at radius 2 is 1.28 bits per heavy atom. The van der Waals surface area contributed by atoms with Crippen LogP contribution in [0.1, 0.15) is 71.7 Å². The van der Waals surface area contributed by atoms with Crippen LogP contribution in [0.2, 0.25) is 0 Å². The number of nitrogens with zero attached hydrogens (tertiary/aromatic N) is 5. The van der Waals surface area contributed by atoms with E-state index < -0.39 is 24.3 Å². The minimum Gasteiger partial charge on any atom is -0.453 e. The average molecular weight is 830 g/mol. The van der Waals surface area contributed by atoms with Gasteiger partial charge in [-0.3, -0.25) is 14.4 Å². The van der Waals surface area contributed by atoms with Crippen molar-refractivity contribution in [2.45, 2.75) is 77.9 Å². The molecule has 16 heteroatoms. The molecule has 0 unspecified atom stereocenters. The minimum atomic E-state index is -0.733. The number of alkyl carbamates (subject to hydrolysis) is 2. The van der Waals surface area contributed by atoms with Crippen LogP contribution >= 0.6 is 0 Å². The summed E-state index contributed by atoms with van der Waals surface area (Å²) in [6.07, 6.45) is 3.57. The van der Waals surface area contributed by atoms with E-state index in [-0.39, 0.29) is 36.2 Å². The molecule has 16 nitrogen and oxygen atoms in total. The van der Waals surface area contributed by atoms with Crippen LogP contribution in [-0.4, -0.2) is 145 Å². The number of hydrogen-bond donors (Lipinski definition) is 4. The number of hydrogen-bond acceptors (Lipinski definition) is 10. The molecule has 4 atom stereocenters. The van der Waals surface area contributed by atoms with Crippen LogP contribution in [0.4, 0.5) is 15.3 Å². The molecule has 5 amide bonds. The largest absolute Gasteiger partial charge is 0.453 e. The van der Waals surface area contributed by atoms with Gasteiger partial charge >= 0.3 is 12.2 Å². The quantitative estimate of drug-likeness (QED) is 0.127. The third-order valence-corrected chi connectivity index (χ3v) is 11.8. The van der Waals surface area contributed by atoms with E-state index in [0.29, 0.717) is 57.0 Å². The van der Waals surface area contributed by atoms with E-state index in [9.17, 15) is 24.0 Å². The van der Waals surface area contributed by atoms with Gasteiger partial charge < -0.3 is 50.0 Å². The molecule has 0 aliphatic carbocycles. The van der Waals surface area contributed by atoms with Crippen LogP contribution in [0.15, 0.2) is 54.7 Å². The summed E-state index contributed by atoms with van der Waals surface area (Å²) in [6, 6.07) is 14.1. The zero-order valence-electron chi connectivity index (χ0n) is 36.0. The Kier molecular flexibility index (Phi) is 16.9. The van der Waals surface area contributed by atoms with Crippen LogP contribution in [0.3, 0.4) is 0 Å². The molecule has 0 saturated carbocycles. The summed E-state index contributed by atoms with van der Waals surface area (Å²) in [5, 5.41) is 8.46. The van der Waals surface area contributed by atoms with Crippen LogP contribution in [0, 0.1) is 5.92 Å². The Morgan fingerprint density at radius 1 is 0.750 bits per heavy atom. The maximum Gasteiger partial charge on any atom is 0.407 e. The third-order valence-electron chi connectivity index (χ3n) is 11.8. The first-order valence-corrected chi connectivity index (χ1v) is 21.3. The Hall–Kier alpha value is -5.48. The highest BCUT2D eigenvalue weighted by Crippen LogP contribution is 2.33. The maximum absolute atomic E-state index is 13.8.